The van der Waals surface area contributed by atoms with Gasteiger partial charge in [0, 0.05) is 26.1 Å². The van der Waals surface area contributed by atoms with Crippen molar-refractivity contribution in [3.8, 4) is 0 Å². The minimum atomic E-state index is -0.186. The highest BCUT2D eigenvalue weighted by molar-refractivity contribution is 5.89. The van der Waals surface area contributed by atoms with E-state index in [2.05, 4.69) is 10.6 Å². The third kappa shape index (κ3) is 2.52. The summed E-state index contributed by atoms with van der Waals surface area (Å²) in [4.78, 5) is 22.8. The smallest absolute Gasteiger partial charge is 0.225 e. The van der Waals surface area contributed by atoms with Crippen molar-refractivity contribution in [2.45, 2.75) is 37.8 Å². The van der Waals surface area contributed by atoms with E-state index < -0.39 is 0 Å². The van der Waals surface area contributed by atoms with Crippen LogP contribution in [0.1, 0.15) is 25.7 Å². The topological polar surface area (TPSA) is 67.4 Å². The molecule has 1 aliphatic carbocycles. The predicted octanol–water partition coefficient (Wildman–Crippen LogP) is -0.194. The van der Waals surface area contributed by atoms with E-state index >= 15 is 0 Å². The van der Waals surface area contributed by atoms with Crippen LogP contribution in [0, 0.1) is 5.92 Å². The molecule has 2 fully saturated rings. The van der Waals surface area contributed by atoms with Gasteiger partial charge in [0.1, 0.15) is 0 Å². The van der Waals surface area contributed by atoms with Crippen molar-refractivity contribution in [2.24, 2.45) is 5.92 Å². The molecule has 2 aliphatic rings. The van der Waals surface area contributed by atoms with Gasteiger partial charge in [-0.05, 0) is 19.3 Å². The number of methoxy groups -OCH3 is 1. The quantitative estimate of drug-likeness (QED) is 0.700. The molecule has 1 saturated carbocycles. The van der Waals surface area contributed by atoms with Gasteiger partial charge in [0.05, 0.1) is 12.0 Å². The van der Waals surface area contributed by atoms with Gasteiger partial charge in [-0.3, -0.25) is 9.59 Å². The second-order valence-electron chi connectivity index (χ2n) is 4.58. The molecule has 1 heterocycles. The van der Waals surface area contributed by atoms with Gasteiger partial charge in [0.15, 0.2) is 0 Å². The molecule has 2 N–H and O–H groups in total. The van der Waals surface area contributed by atoms with E-state index in [-0.39, 0.29) is 29.9 Å². The number of ether oxygens (including phenoxy) is 1. The Morgan fingerprint density at radius 2 is 2.31 bits per heavy atom. The van der Waals surface area contributed by atoms with Gasteiger partial charge in [-0.25, -0.2) is 0 Å². The van der Waals surface area contributed by atoms with Crippen molar-refractivity contribution in [2.75, 3.05) is 13.7 Å². The summed E-state index contributed by atoms with van der Waals surface area (Å²) in [5.74, 6) is -0.212. The number of carbonyl (C=O) groups excluding carboxylic acids is 2. The molecule has 3 atom stereocenters. The normalized spacial score (nSPS) is 33.8. The standard InChI is InChI=1S/C11H18N2O3/c1-16-9-3-2-8(5-9)13-11(15)7-4-10(14)12-6-7/h7-9H,2-6H2,1H3,(H,12,14)(H,13,15). The SMILES string of the molecule is COC1CCC(NC(=O)C2CNC(=O)C2)C1. The Morgan fingerprint density at radius 1 is 1.50 bits per heavy atom. The lowest BCUT2D eigenvalue weighted by Gasteiger charge is -2.15. The number of hydrogen-bond donors (Lipinski definition) is 2. The molecule has 2 amide bonds. The summed E-state index contributed by atoms with van der Waals surface area (Å²) in [6.45, 7) is 0.477. The summed E-state index contributed by atoms with van der Waals surface area (Å²) in [7, 11) is 1.70. The summed E-state index contributed by atoms with van der Waals surface area (Å²) in [6, 6.07) is 0.216. The summed E-state index contributed by atoms with van der Waals surface area (Å²) < 4.78 is 5.25. The zero-order chi connectivity index (χ0) is 11.5. The molecule has 3 unspecified atom stereocenters. The number of hydrogen-bond acceptors (Lipinski definition) is 3. The third-order valence-electron chi connectivity index (χ3n) is 3.41. The molecular weight excluding hydrogens is 208 g/mol. The fourth-order valence-electron chi connectivity index (χ4n) is 2.39. The number of carbonyl (C=O) groups is 2. The molecular formula is C11H18N2O3. The number of rotatable bonds is 3. The average molecular weight is 226 g/mol. The molecule has 0 radical (unpaired) electrons. The first-order chi connectivity index (χ1) is 7.69. The minimum absolute atomic E-state index is 0.0000954. The molecule has 1 saturated heterocycles. The maximum Gasteiger partial charge on any atom is 0.225 e. The van der Waals surface area contributed by atoms with Gasteiger partial charge in [-0.2, -0.15) is 0 Å². The van der Waals surface area contributed by atoms with Crippen molar-refractivity contribution in [3.05, 3.63) is 0 Å². The maximum absolute atomic E-state index is 11.8. The van der Waals surface area contributed by atoms with Crippen molar-refractivity contribution in [3.63, 3.8) is 0 Å². The van der Waals surface area contributed by atoms with E-state index in [1.54, 1.807) is 7.11 Å². The van der Waals surface area contributed by atoms with Crippen LogP contribution in [0.2, 0.25) is 0 Å². The van der Waals surface area contributed by atoms with E-state index in [0.29, 0.717) is 13.0 Å². The molecule has 0 aromatic rings. The van der Waals surface area contributed by atoms with Crippen molar-refractivity contribution in [1.29, 1.82) is 0 Å². The van der Waals surface area contributed by atoms with Crippen LogP contribution in [-0.4, -0.2) is 37.6 Å². The Morgan fingerprint density at radius 3 is 2.88 bits per heavy atom. The second-order valence-corrected chi connectivity index (χ2v) is 4.58. The summed E-state index contributed by atoms with van der Waals surface area (Å²) >= 11 is 0. The highest BCUT2D eigenvalue weighted by Gasteiger charge is 2.31. The first kappa shape index (κ1) is 11.4. The van der Waals surface area contributed by atoms with E-state index in [0.717, 1.165) is 19.3 Å². The van der Waals surface area contributed by atoms with Crippen LogP contribution in [0.4, 0.5) is 0 Å². The molecule has 0 aromatic heterocycles. The van der Waals surface area contributed by atoms with Crippen LogP contribution in [-0.2, 0) is 14.3 Å². The minimum Gasteiger partial charge on any atom is -0.381 e. The monoisotopic (exact) mass is 226 g/mol. The molecule has 16 heavy (non-hydrogen) atoms. The molecule has 5 heteroatoms. The molecule has 2 rings (SSSR count). The third-order valence-corrected chi connectivity index (χ3v) is 3.41. The van der Waals surface area contributed by atoms with E-state index in [4.69, 9.17) is 4.74 Å². The Kier molecular flexibility index (Phi) is 3.43. The molecule has 0 aromatic carbocycles. The zero-order valence-corrected chi connectivity index (χ0v) is 9.49. The van der Waals surface area contributed by atoms with Crippen LogP contribution >= 0.6 is 0 Å². The van der Waals surface area contributed by atoms with Crippen molar-refractivity contribution >= 4 is 11.8 Å². The summed E-state index contributed by atoms with van der Waals surface area (Å²) in [6.07, 6.45) is 3.46. The molecule has 0 spiro atoms. The lowest BCUT2D eigenvalue weighted by atomic mass is 10.1. The van der Waals surface area contributed by atoms with Crippen LogP contribution in [0.3, 0.4) is 0 Å². The average Bonchev–Trinajstić information content (AvgIpc) is 2.87. The molecule has 90 valence electrons. The molecule has 1 aliphatic heterocycles. The summed E-state index contributed by atoms with van der Waals surface area (Å²) in [5, 5.41) is 5.67. The highest BCUT2D eigenvalue weighted by atomic mass is 16.5. The number of nitrogens with one attached hydrogen (secondary N) is 2. The lowest BCUT2D eigenvalue weighted by Crippen LogP contribution is -2.38. The van der Waals surface area contributed by atoms with Gasteiger partial charge in [-0.1, -0.05) is 0 Å². The number of amides is 2. The Bertz CT molecular complexity index is 293. The Hall–Kier alpha value is -1.10. The lowest BCUT2D eigenvalue weighted by molar-refractivity contribution is -0.127. The van der Waals surface area contributed by atoms with Crippen LogP contribution in [0.25, 0.3) is 0 Å². The zero-order valence-electron chi connectivity index (χ0n) is 9.49. The fourth-order valence-corrected chi connectivity index (χ4v) is 2.39. The van der Waals surface area contributed by atoms with Crippen LogP contribution in [0.15, 0.2) is 0 Å². The van der Waals surface area contributed by atoms with Gasteiger partial charge in [0.25, 0.3) is 0 Å². The molecule has 5 nitrogen and oxygen atoms in total. The first-order valence-corrected chi connectivity index (χ1v) is 5.79. The van der Waals surface area contributed by atoms with Crippen molar-refractivity contribution in [1.82, 2.24) is 10.6 Å². The highest BCUT2D eigenvalue weighted by Crippen LogP contribution is 2.22. The Balaban J connectivity index is 1.77. The van der Waals surface area contributed by atoms with E-state index in [1.165, 1.54) is 0 Å². The maximum atomic E-state index is 11.8. The van der Waals surface area contributed by atoms with E-state index in [9.17, 15) is 9.59 Å². The second kappa shape index (κ2) is 4.82. The largest absolute Gasteiger partial charge is 0.381 e. The van der Waals surface area contributed by atoms with Gasteiger partial charge < -0.3 is 15.4 Å². The summed E-state index contributed by atoms with van der Waals surface area (Å²) in [5.41, 5.74) is 0. The fraction of sp³-hybridized carbons (Fsp3) is 0.818. The van der Waals surface area contributed by atoms with Crippen LogP contribution in [0.5, 0.6) is 0 Å². The van der Waals surface area contributed by atoms with Gasteiger partial charge in [-0.15, -0.1) is 0 Å². The van der Waals surface area contributed by atoms with Gasteiger partial charge in [0.2, 0.25) is 11.8 Å². The van der Waals surface area contributed by atoms with Gasteiger partial charge >= 0.3 is 0 Å². The van der Waals surface area contributed by atoms with E-state index in [1.807, 2.05) is 0 Å². The predicted molar refractivity (Wildman–Crippen MR) is 57.7 cm³/mol. The first-order valence-electron chi connectivity index (χ1n) is 5.79. The van der Waals surface area contributed by atoms with Crippen LogP contribution < -0.4 is 10.6 Å². The van der Waals surface area contributed by atoms with Crippen molar-refractivity contribution < 1.29 is 14.3 Å². The Labute approximate surface area is 94.9 Å². The molecule has 0 bridgehead atoms.